The van der Waals surface area contributed by atoms with Crippen LogP contribution >= 0.6 is 0 Å². The Morgan fingerprint density at radius 2 is 1.75 bits per heavy atom. The topological polar surface area (TPSA) is 64.6 Å². The highest BCUT2D eigenvalue weighted by molar-refractivity contribution is 5.89. The summed E-state index contributed by atoms with van der Waals surface area (Å²) >= 11 is 0. The largest absolute Gasteiger partial charge is 0.393 e. The zero-order valence-electron chi connectivity index (χ0n) is 12.1. The number of hydrogen-bond donors (Lipinski definition) is 3. The molecule has 0 radical (unpaired) electrons. The number of amides is 2. The molecule has 1 aromatic carbocycles. The van der Waals surface area contributed by atoms with Crippen LogP contribution in [0, 0.1) is 0 Å². The third-order valence-electron chi connectivity index (χ3n) is 3.67. The number of hydrogen-bond acceptors (Lipinski definition) is 3. The van der Waals surface area contributed by atoms with Gasteiger partial charge in [0.2, 0.25) is 0 Å². The fourth-order valence-corrected chi connectivity index (χ4v) is 2.42. The molecule has 0 bridgehead atoms. The van der Waals surface area contributed by atoms with Crippen LogP contribution < -0.4 is 15.5 Å². The maximum absolute atomic E-state index is 11.9. The maximum Gasteiger partial charge on any atom is 0.319 e. The van der Waals surface area contributed by atoms with E-state index in [-0.39, 0.29) is 18.2 Å². The van der Waals surface area contributed by atoms with Gasteiger partial charge in [-0.15, -0.1) is 0 Å². The Balaban J connectivity index is 1.82. The van der Waals surface area contributed by atoms with Crippen molar-refractivity contribution in [1.82, 2.24) is 5.32 Å². The molecular formula is C15H23N3O2. The molecule has 0 saturated heterocycles. The molecule has 0 aromatic heterocycles. The summed E-state index contributed by atoms with van der Waals surface area (Å²) in [5.41, 5.74) is 1.88. The van der Waals surface area contributed by atoms with Crippen LogP contribution in [0.25, 0.3) is 0 Å². The summed E-state index contributed by atoms with van der Waals surface area (Å²) in [6, 6.07) is 7.70. The van der Waals surface area contributed by atoms with E-state index in [0.717, 1.165) is 37.1 Å². The summed E-state index contributed by atoms with van der Waals surface area (Å²) in [4.78, 5) is 13.9. The molecule has 0 spiro atoms. The number of aliphatic hydroxyl groups is 1. The van der Waals surface area contributed by atoms with E-state index in [9.17, 15) is 9.90 Å². The van der Waals surface area contributed by atoms with Gasteiger partial charge in [0.05, 0.1) is 6.10 Å². The van der Waals surface area contributed by atoms with Gasteiger partial charge in [-0.1, -0.05) is 0 Å². The highest BCUT2D eigenvalue weighted by Gasteiger charge is 2.20. The van der Waals surface area contributed by atoms with Crippen molar-refractivity contribution < 1.29 is 9.90 Å². The fraction of sp³-hybridized carbons (Fsp3) is 0.533. The molecule has 0 heterocycles. The SMILES string of the molecule is CN(C)c1ccc(NC(=O)NC2CCC(O)CC2)cc1. The number of carbonyl (C=O) groups is 1. The zero-order chi connectivity index (χ0) is 14.5. The minimum atomic E-state index is -0.199. The van der Waals surface area contributed by atoms with Crippen molar-refractivity contribution in [2.45, 2.75) is 37.8 Å². The van der Waals surface area contributed by atoms with Gasteiger partial charge in [0.25, 0.3) is 0 Å². The second-order valence-corrected chi connectivity index (χ2v) is 5.55. The van der Waals surface area contributed by atoms with Gasteiger partial charge in [-0.25, -0.2) is 4.79 Å². The van der Waals surface area contributed by atoms with E-state index in [0.29, 0.717) is 0 Å². The predicted molar refractivity (Wildman–Crippen MR) is 81.2 cm³/mol. The van der Waals surface area contributed by atoms with E-state index in [1.54, 1.807) is 0 Å². The smallest absolute Gasteiger partial charge is 0.319 e. The molecule has 0 aliphatic heterocycles. The summed E-state index contributed by atoms with van der Waals surface area (Å²) in [7, 11) is 3.96. The average Bonchev–Trinajstić information content (AvgIpc) is 2.42. The summed E-state index contributed by atoms with van der Waals surface area (Å²) in [5.74, 6) is 0. The molecule has 2 rings (SSSR count). The molecule has 1 aromatic rings. The molecule has 20 heavy (non-hydrogen) atoms. The monoisotopic (exact) mass is 277 g/mol. The lowest BCUT2D eigenvalue weighted by Gasteiger charge is -2.26. The first kappa shape index (κ1) is 14.7. The number of anilines is 2. The number of nitrogens with one attached hydrogen (secondary N) is 2. The van der Waals surface area contributed by atoms with Crippen LogP contribution in [0.3, 0.4) is 0 Å². The third-order valence-corrected chi connectivity index (χ3v) is 3.67. The van der Waals surface area contributed by atoms with Crippen molar-refractivity contribution in [2.75, 3.05) is 24.3 Å². The molecule has 1 saturated carbocycles. The highest BCUT2D eigenvalue weighted by Crippen LogP contribution is 2.19. The Hall–Kier alpha value is -1.75. The number of urea groups is 1. The molecule has 110 valence electrons. The van der Waals surface area contributed by atoms with Gasteiger partial charge in [-0.3, -0.25) is 0 Å². The van der Waals surface area contributed by atoms with Gasteiger partial charge in [-0.2, -0.15) is 0 Å². The minimum Gasteiger partial charge on any atom is -0.393 e. The molecule has 1 fully saturated rings. The first-order valence-electron chi connectivity index (χ1n) is 7.07. The molecule has 0 unspecified atom stereocenters. The van der Waals surface area contributed by atoms with Crippen LogP contribution in [-0.2, 0) is 0 Å². The van der Waals surface area contributed by atoms with Crippen LogP contribution in [0.4, 0.5) is 16.2 Å². The lowest BCUT2D eigenvalue weighted by molar-refractivity contribution is 0.118. The number of carbonyl (C=O) groups excluding carboxylic acids is 1. The van der Waals surface area contributed by atoms with Crippen LogP contribution in [0.2, 0.25) is 0 Å². The third kappa shape index (κ3) is 4.13. The second kappa shape index (κ2) is 6.61. The van der Waals surface area contributed by atoms with Crippen molar-refractivity contribution in [3.63, 3.8) is 0 Å². The van der Waals surface area contributed by atoms with E-state index < -0.39 is 0 Å². The van der Waals surface area contributed by atoms with E-state index in [2.05, 4.69) is 10.6 Å². The van der Waals surface area contributed by atoms with E-state index in [1.165, 1.54) is 0 Å². The normalized spacial score (nSPS) is 22.1. The molecule has 1 aliphatic rings. The van der Waals surface area contributed by atoms with Crippen LogP contribution in [-0.4, -0.2) is 37.4 Å². The lowest BCUT2D eigenvalue weighted by Crippen LogP contribution is -2.40. The summed E-state index contributed by atoms with van der Waals surface area (Å²) in [6.07, 6.45) is 3.02. The molecule has 2 amide bonds. The van der Waals surface area contributed by atoms with Crippen LogP contribution in [0.1, 0.15) is 25.7 Å². The predicted octanol–water partition coefficient (Wildman–Crippen LogP) is 2.18. The van der Waals surface area contributed by atoms with E-state index >= 15 is 0 Å². The van der Waals surface area contributed by atoms with Crippen molar-refractivity contribution in [3.05, 3.63) is 24.3 Å². The minimum absolute atomic E-state index is 0.166. The van der Waals surface area contributed by atoms with Gasteiger partial charge in [-0.05, 0) is 49.9 Å². The Labute approximate surface area is 120 Å². The summed E-state index contributed by atoms with van der Waals surface area (Å²) in [6.45, 7) is 0. The van der Waals surface area contributed by atoms with Crippen molar-refractivity contribution in [3.8, 4) is 0 Å². The molecular weight excluding hydrogens is 254 g/mol. The number of benzene rings is 1. The molecule has 5 heteroatoms. The molecule has 5 nitrogen and oxygen atoms in total. The van der Waals surface area contributed by atoms with Crippen LogP contribution in [0.15, 0.2) is 24.3 Å². The summed E-state index contributed by atoms with van der Waals surface area (Å²) in [5, 5.41) is 15.2. The zero-order valence-corrected chi connectivity index (χ0v) is 12.1. The van der Waals surface area contributed by atoms with E-state index in [1.807, 2.05) is 43.3 Å². The average molecular weight is 277 g/mol. The molecule has 3 N–H and O–H groups in total. The lowest BCUT2D eigenvalue weighted by atomic mass is 9.93. The van der Waals surface area contributed by atoms with Gasteiger partial charge in [0.15, 0.2) is 0 Å². The highest BCUT2D eigenvalue weighted by atomic mass is 16.3. The summed E-state index contributed by atoms with van der Waals surface area (Å²) < 4.78 is 0. The molecule has 0 atom stereocenters. The van der Waals surface area contributed by atoms with Crippen molar-refractivity contribution in [2.24, 2.45) is 0 Å². The number of nitrogens with zero attached hydrogens (tertiary/aromatic N) is 1. The number of rotatable bonds is 3. The van der Waals surface area contributed by atoms with Gasteiger partial charge >= 0.3 is 6.03 Å². The van der Waals surface area contributed by atoms with Crippen molar-refractivity contribution >= 4 is 17.4 Å². The van der Waals surface area contributed by atoms with Gasteiger partial charge < -0.3 is 20.6 Å². The first-order chi connectivity index (χ1) is 9.54. The Morgan fingerprint density at radius 3 is 2.30 bits per heavy atom. The Bertz CT molecular complexity index is 437. The van der Waals surface area contributed by atoms with Gasteiger partial charge in [0.1, 0.15) is 0 Å². The quantitative estimate of drug-likeness (QED) is 0.793. The van der Waals surface area contributed by atoms with Gasteiger partial charge in [0, 0.05) is 31.5 Å². The standard InChI is InChI=1S/C15H23N3O2/c1-18(2)13-7-3-11(4-8-13)16-15(20)17-12-5-9-14(19)10-6-12/h3-4,7-8,12,14,19H,5-6,9-10H2,1-2H3,(H2,16,17,20). The van der Waals surface area contributed by atoms with Crippen LogP contribution in [0.5, 0.6) is 0 Å². The number of aliphatic hydroxyl groups excluding tert-OH is 1. The second-order valence-electron chi connectivity index (χ2n) is 5.55. The Morgan fingerprint density at radius 1 is 1.15 bits per heavy atom. The first-order valence-corrected chi connectivity index (χ1v) is 7.07. The molecule has 1 aliphatic carbocycles. The Kier molecular flexibility index (Phi) is 4.84. The van der Waals surface area contributed by atoms with Crippen molar-refractivity contribution in [1.29, 1.82) is 0 Å². The fourth-order valence-electron chi connectivity index (χ4n) is 2.42. The maximum atomic E-state index is 11.9. The van der Waals surface area contributed by atoms with E-state index in [4.69, 9.17) is 0 Å².